The maximum atomic E-state index is 13.5. The largest absolute Gasteiger partial charge is 0.372 e. The molecule has 2 aromatic carbocycles. The van der Waals surface area contributed by atoms with Gasteiger partial charge in [0.2, 0.25) is 5.60 Å². The van der Waals surface area contributed by atoms with Crippen LogP contribution < -0.4 is 21.3 Å². The van der Waals surface area contributed by atoms with Crippen LogP contribution >= 0.6 is 11.6 Å². The van der Waals surface area contributed by atoms with Crippen LogP contribution in [0.3, 0.4) is 0 Å². The van der Waals surface area contributed by atoms with Crippen molar-refractivity contribution in [2.75, 3.05) is 24.5 Å². The Labute approximate surface area is 199 Å². The molecular formula is C23H23ClFN5O4. The highest BCUT2D eigenvalue weighted by Crippen LogP contribution is 2.31. The van der Waals surface area contributed by atoms with Crippen LogP contribution in [0.25, 0.3) is 10.9 Å². The molecule has 1 atom stereocenters. The van der Waals surface area contributed by atoms with E-state index in [2.05, 4.69) is 15.6 Å². The molecule has 0 aliphatic carbocycles. The van der Waals surface area contributed by atoms with Gasteiger partial charge >= 0.3 is 0 Å². The average molecular weight is 488 g/mol. The Balaban J connectivity index is 1.48. The first-order valence-electron chi connectivity index (χ1n) is 10.6. The molecule has 1 aliphatic rings. The van der Waals surface area contributed by atoms with Gasteiger partial charge in [0.15, 0.2) is 0 Å². The fraction of sp³-hybridized carbons (Fsp3) is 0.261. The van der Waals surface area contributed by atoms with Gasteiger partial charge in [-0.3, -0.25) is 14.4 Å². The Bertz CT molecular complexity index is 1260. The smallest absolute Gasteiger partial charge is 0.268 e. The number of fused-ring (bicyclic) bond motifs is 1. The third-order valence-corrected chi connectivity index (χ3v) is 5.86. The number of aromatic amines is 1. The van der Waals surface area contributed by atoms with Gasteiger partial charge in [0.1, 0.15) is 11.5 Å². The number of rotatable bonds is 7. The number of nitrogens with one attached hydrogen (secondary N) is 3. The molecule has 1 aromatic heterocycles. The summed E-state index contributed by atoms with van der Waals surface area (Å²) < 4.78 is 13.5. The van der Waals surface area contributed by atoms with E-state index < -0.39 is 23.2 Å². The predicted molar refractivity (Wildman–Crippen MR) is 125 cm³/mol. The number of hydrogen-bond donors (Lipinski definition) is 5. The maximum absolute atomic E-state index is 13.5. The number of aliphatic hydroxyl groups is 1. The van der Waals surface area contributed by atoms with Crippen LogP contribution in [-0.4, -0.2) is 53.0 Å². The Kier molecular flexibility index (Phi) is 6.56. The van der Waals surface area contributed by atoms with Crippen LogP contribution in [0.15, 0.2) is 42.5 Å². The topological polar surface area (TPSA) is 141 Å². The normalized spacial score (nSPS) is 17.9. The molecular weight excluding hydrogens is 465 g/mol. The summed E-state index contributed by atoms with van der Waals surface area (Å²) in [6.45, 7) is 0.679. The quantitative estimate of drug-likeness (QED) is 0.321. The minimum absolute atomic E-state index is 0.101. The van der Waals surface area contributed by atoms with E-state index >= 15 is 0 Å². The molecule has 0 spiro atoms. The molecule has 2 heterocycles. The summed E-state index contributed by atoms with van der Waals surface area (Å²) in [4.78, 5) is 42.2. The third kappa shape index (κ3) is 4.60. The second kappa shape index (κ2) is 9.41. The first-order valence-corrected chi connectivity index (χ1v) is 11.0. The third-order valence-electron chi connectivity index (χ3n) is 5.64. The first-order chi connectivity index (χ1) is 16.2. The highest BCUT2D eigenvalue weighted by atomic mass is 35.5. The van der Waals surface area contributed by atoms with Crippen molar-refractivity contribution < 1.29 is 23.9 Å². The lowest BCUT2D eigenvalue weighted by Gasteiger charge is -2.22. The molecule has 1 saturated heterocycles. The molecule has 6 N–H and O–H groups in total. The fourth-order valence-electron chi connectivity index (χ4n) is 3.90. The Hall–Kier alpha value is -3.47. The van der Waals surface area contributed by atoms with Crippen molar-refractivity contribution in [2.45, 2.75) is 18.6 Å². The molecule has 1 fully saturated rings. The summed E-state index contributed by atoms with van der Waals surface area (Å²) in [6, 6.07) is 10.5. The molecule has 4 rings (SSSR count). The summed E-state index contributed by atoms with van der Waals surface area (Å²) in [5.74, 6) is -2.50. The van der Waals surface area contributed by atoms with Gasteiger partial charge in [-0.1, -0.05) is 11.6 Å². The lowest BCUT2D eigenvalue weighted by Crippen LogP contribution is -2.52. The number of nitrogens with two attached hydrogens (primary N) is 1. The van der Waals surface area contributed by atoms with Crippen LogP contribution in [-0.2, 0) is 16.1 Å². The molecule has 9 nitrogen and oxygen atoms in total. The number of hydrogen-bond acceptors (Lipinski definition) is 5. The molecule has 0 bridgehead atoms. The number of anilines is 1. The number of benzene rings is 2. The molecule has 0 saturated carbocycles. The number of aromatic nitrogens is 1. The van der Waals surface area contributed by atoms with Crippen molar-refractivity contribution in [3.05, 3.63) is 64.6 Å². The van der Waals surface area contributed by atoms with Crippen molar-refractivity contribution >= 4 is 45.9 Å². The van der Waals surface area contributed by atoms with Gasteiger partial charge in [-0.25, -0.2) is 4.39 Å². The van der Waals surface area contributed by atoms with E-state index in [0.29, 0.717) is 40.9 Å². The molecule has 3 aromatic rings. The van der Waals surface area contributed by atoms with Crippen LogP contribution in [0.5, 0.6) is 0 Å². The van der Waals surface area contributed by atoms with Gasteiger partial charge in [0.25, 0.3) is 17.7 Å². The van der Waals surface area contributed by atoms with E-state index in [1.165, 1.54) is 17.0 Å². The van der Waals surface area contributed by atoms with Crippen LogP contribution in [0.4, 0.5) is 10.1 Å². The Morgan fingerprint density at radius 1 is 1.21 bits per heavy atom. The molecule has 11 heteroatoms. The molecule has 1 unspecified atom stereocenters. The number of H-pyrrole nitrogens is 1. The van der Waals surface area contributed by atoms with Crippen molar-refractivity contribution in [1.29, 1.82) is 0 Å². The number of carbonyl (C=O) groups excluding carboxylic acids is 3. The highest BCUT2D eigenvalue weighted by Gasteiger charge is 2.51. The van der Waals surface area contributed by atoms with Gasteiger partial charge in [-0.05, 0) is 48.0 Å². The van der Waals surface area contributed by atoms with E-state index in [1.807, 2.05) is 0 Å². The lowest BCUT2D eigenvalue weighted by molar-refractivity contribution is -0.149. The fourth-order valence-corrected chi connectivity index (χ4v) is 4.14. The SMILES string of the molecule is NCCNC(=O)c1cc2cc(N3CCC(O)(C(=O)NCc4cc(F)cc(Cl)c4)C3=O)ccc2[nH]1. The predicted octanol–water partition coefficient (Wildman–Crippen LogP) is 1.43. The zero-order chi connectivity index (χ0) is 24.5. The van der Waals surface area contributed by atoms with Crippen molar-refractivity contribution in [1.82, 2.24) is 15.6 Å². The summed E-state index contributed by atoms with van der Waals surface area (Å²) in [7, 11) is 0. The standard InChI is InChI=1S/C23H23ClFN5O4/c24-15-7-13(8-16(25)11-15)12-28-21(32)23(34)3-6-30(22(23)33)17-1-2-18-14(9-17)10-19(29-18)20(31)27-5-4-26/h1-2,7-11,29,34H,3-6,12,26H2,(H,27,31)(H,28,32). The van der Waals surface area contributed by atoms with E-state index in [9.17, 15) is 23.9 Å². The van der Waals surface area contributed by atoms with Gasteiger partial charge in [0.05, 0.1) is 0 Å². The second-order valence-corrected chi connectivity index (χ2v) is 8.46. The molecule has 178 valence electrons. The summed E-state index contributed by atoms with van der Waals surface area (Å²) in [5.41, 5.74) is 5.07. The minimum atomic E-state index is -2.25. The monoisotopic (exact) mass is 487 g/mol. The lowest BCUT2D eigenvalue weighted by atomic mass is 10.0. The average Bonchev–Trinajstić information content (AvgIpc) is 3.36. The van der Waals surface area contributed by atoms with E-state index in [0.717, 1.165) is 6.07 Å². The zero-order valence-electron chi connectivity index (χ0n) is 18.0. The number of nitrogens with zero attached hydrogens (tertiary/aromatic N) is 1. The Morgan fingerprint density at radius 2 is 2.00 bits per heavy atom. The number of amides is 3. The summed E-state index contributed by atoms with van der Waals surface area (Å²) >= 11 is 5.82. The van der Waals surface area contributed by atoms with Gasteiger partial charge in [-0.2, -0.15) is 0 Å². The highest BCUT2D eigenvalue weighted by molar-refractivity contribution is 6.30. The molecule has 0 radical (unpaired) electrons. The van der Waals surface area contributed by atoms with Crippen LogP contribution in [0.1, 0.15) is 22.5 Å². The molecule has 34 heavy (non-hydrogen) atoms. The number of halogens is 2. The summed E-state index contributed by atoms with van der Waals surface area (Å²) in [5, 5.41) is 16.9. The minimum Gasteiger partial charge on any atom is -0.372 e. The first kappa shape index (κ1) is 23.7. The molecule has 1 aliphatic heterocycles. The van der Waals surface area contributed by atoms with Crippen molar-refractivity contribution in [2.24, 2.45) is 5.73 Å². The van der Waals surface area contributed by atoms with Gasteiger partial charge < -0.3 is 31.4 Å². The zero-order valence-corrected chi connectivity index (χ0v) is 18.8. The molecule has 3 amide bonds. The number of carbonyl (C=O) groups is 3. The van der Waals surface area contributed by atoms with Crippen molar-refractivity contribution in [3.8, 4) is 0 Å². The van der Waals surface area contributed by atoms with Crippen LogP contribution in [0.2, 0.25) is 5.02 Å². The summed E-state index contributed by atoms with van der Waals surface area (Å²) in [6.07, 6.45) is -0.112. The van der Waals surface area contributed by atoms with E-state index in [-0.39, 0.29) is 30.4 Å². The van der Waals surface area contributed by atoms with E-state index in [4.69, 9.17) is 17.3 Å². The van der Waals surface area contributed by atoms with E-state index in [1.54, 1.807) is 24.3 Å². The van der Waals surface area contributed by atoms with Gasteiger partial charge in [-0.15, -0.1) is 0 Å². The van der Waals surface area contributed by atoms with Gasteiger partial charge in [0, 0.05) is 54.2 Å². The van der Waals surface area contributed by atoms with Crippen LogP contribution in [0, 0.1) is 5.82 Å². The van der Waals surface area contributed by atoms with Crippen molar-refractivity contribution in [3.63, 3.8) is 0 Å². The second-order valence-electron chi connectivity index (χ2n) is 8.03. The maximum Gasteiger partial charge on any atom is 0.268 e. The Morgan fingerprint density at radius 3 is 2.74 bits per heavy atom.